The van der Waals surface area contributed by atoms with Gasteiger partial charge in [0.1, 0.15) is 0 Å². The van der Waals surface area contributed by atoms with Gasteiger partial charge in [-0.1, -0.05) is 0 Å². The molecule has 0 rings (SSSR count). The number of hydrogen-bond acceptors (Lipinski definition) is 7. The minimum atomic E-state index is -3.44. The molecule has 22 heavy (non-hydrogen) atoms. The molecule has 1 unspecified atom stereocenters. The van der Waals surface area contributed by atoms with E-state index in [0.29, 0.717) is 0 Å². The van der Waals surface area contributed by atoms with Crippen LogP contribution in [0, 0.1) is 0 Å². The molecule has 0 spiro atoms. The second-order valence-corrected chi connectivity index (χ2v) is 8.55. The summed E-state index contributed by atoms with van der Waals surface area (Å²) in [6.45, 7) is 3.98. The fourth-order valence-corrected chi connectivity index (χ4v) is 3.25. The lowest BCUT2D eigenvalue weighted by molar-refractivity contribution is 0.00369. The van der Waals surface area contributed by atoms with Crippen molar-refractivity contribution in [1.29, 1.82) is 0 Å². The van der Waals surface area contributed by atoms with Crippen LogP contribution >= 0.6 is 23.6 Å². The van der Waals surface area contributed by atoms with E-state index in [2.05, 4.69) is 0 Å². The second-order valence-electron chi connectivity index (χ2n) is 5.47. The maximum Gasteiger partial charge on any atom is 0.153 e. The molecule has 0 radical (unpaired) electrons. The molecule has 0 fully saturated rings. The number of sulfone groups is 1. The van der Waals surface area contributed by atoms with E-state index >= 15 is 0 Å². The average molecular weight is 382 g/mol. The van der Waals surface area contributed by atoms with E-state index in [4.69, 9.17) is 38.1 Å². The summed E-state index contributed by atoms with van der Waals surface area (Å²) in [6, 6.07) is 0. The van der Waals surface area contributed by atoms with Crippen molar-refractivity contribution in [3.05, 3.63) is 0 Å². The molecule has 10 heteroatoms. The molecular weight excluding hydrogens is 357 g/mol. The smallest absolute Gasteiger partial charge is 0.153 e. The minimum absolute atomic E-state index is 0.0702. The Labute approximate surface area is 142 Å². The van der Waals surface area contributed by atoms with Gasteiger partial charge in [-0.15, -0.1) is 3.94 Å². The zero-order valence-corrected chi connectivity index (χ0v) is 15.2. The predicted molar refractivity (Wildman–Crippen MR) is 85.6 cm³/mol. The fraction of sp³-hybridized carbons (Fsp3) is 1.00. The van der Waals surface area contributed by atoms with E-state index in [1.165, 1.54) is 0 Å². The van der Waals surface area contributed by atoms with Crippen LogP contribution < -0.4 is 0 Å². The van der Waals surface area contributed by atoms with E-state index in [1.54, 1.807) is 13.8 Å². The van der Waals surface area contributed by atoms with Crippen molar-refractivity contribution < 1.29 is 28.1 Å². The number of ether oxygens (including phenoxy) is 2. The Morgan fingerprint density at radius 1 is 1.18 bits per heavy atom. The zero-order valence-electron chi connectivity index (χ0n) is 12.9. The molecule has 0 saturated carbocycles. The number of aliphatic hydroxyl groups is 2. The van der Waals surface area contributed by atoms with E-state index < -0.39 is 21.5 Å². The first kappa shape index (κ1) is 22.3. The monoisotopic (exact) mass is 381 g/mol. The Balaban J connectivity index is 3.99. The summed E-state index contributed by atoms with van der Waals surface area (Å²) in [7, 11) is -3.44. The summed E-state index contributed by atoms with van der Waals surface area (Å²) < 4.78 is 34.8. The van der Waals surface area contributed by atoms with Crippen LogP contribution in [-0.2, 0) is 19.3 Å². The topological polar surface area (TPSA) is 96.3 Å². The van der Waals surface area contributed by atoms with Crippen LogP contribution in [0.2, 0.25) is 0 Å². The van der Waals surface area contributed by atoms with Gasteiger partial charge in [-0.25, -0.2) is 8.42 Å². The molecule has 0 aromatic heterocycles. The van der Waals surface area contributed by atoms with Gasteiger partial charge in [0.25, 0.3) is 0 Å². The normalized spacial score (nSPS) is 14.5. The first-order chi connectivity index (χ1) is 10.1. The van der Waals surface area contributed by atoms with Gasteiger partial charge in [0, 0.05) is 5.54 Å². The van der Waals surface area contributed by atoms with Crippen LogP contribution in [0.1, 0.15) is 20.3 Å². The summed E-state index contributed by atoms with van der Waals surface area (Å²) in [6.07, 6.45) is -0.862. The summed E-state index contributed by atoms with van der Waals surface area (Å²) in [5, 5.41) is 18.2. The van der Waals surface area contributed by atoms with E-state index in [-0.39, 0.29) is 51.0 Å². The van der Waals surface area contributed by atoms with Gasteiger partial charge < -0.3 is 19.7 Å². The molecule has 2 N–H and O–H groups in total. The van der Waals surface area contributed by atoms with Gasteiger partial charge in [0.2, 0.25) is 0 Å². The van der Waals surface area contributed by atoms with Crippen molar-refractivity contribution in [3.8, 4) is 0 Å². The highest BCUT2D eigenvalue weighted by Gasteiger charge is 2.28. The van der Waals surface area contributed by atoms with Crippen molar-refractivity contribution in [2.75, 3.05) is 44.5 Å². The summed E-state index contributed by atoms with van der Waals surface area (Å²) in [5.74, 6) is -0.516. The molecule has 1 atom stereocenters. The SMILES string of the molecule is CC(C)(CCS(=O)(=O)CC(O)COCCOCCO)N(Cl)Cl. The highest BCUT2D eigenvalue weighted by molar-refractivity contribution is 7.91. The molecule has 0 amide bonds. The van der Waals surface area contributed by atoms with Gasteiger partial charge in [-0.3, -0.25) is 0 Å². The highest BCUT2D eigenvalue weighted by atomic mass is 35.5. The summed E-state index contributed by atoms with van der Waals surface area (Å²) in [4.78, 5) is 0. The minimum Gasteiger partial charge on any atom is -0.394 e. The van der Waals surface area contributed by atoms with Gasteiger partial charge >= 0.3 is 0 Å². The van der Waals surface area contributed by atoms with Crippen molar-refractivity contribution in [2.45, 2.75) is 31.9 Å². The summed E-state index contributed by atoms with van der Waals surface area (Å²) in [5.41, 5.74) is -0.679. The number of aliphatic hydroxyl groups excluding tert-OH is 2. The average Bonchev–Trinajstić information content (AvgIpc) is 2.40. The van der Waals surface area contributed by atoms with Crippen LogP contribution in [0.15, 0.2) is 0 Å². The first-order valence-electron chi connectivity index (χ1n) is 6.87. The molecule has 0 heterocycles. The maximum absolute atomic E-state index is 11.9. The molecule has 134 valence electrons. The predicted octanol–water partition coefficient (Wildman–Crippen LogP) is 0.566. The molecule has 0 aliphatic carbocycles. The molecule has 0 aromatic rings. The van der Waals surface area contributed by atoms with Gasteiger partial charge in [0.05, 0.1) is 50.6 Å². The molecule has 7 nitrogen and oxygen atoms in total. The standard InChI is InChI=1S/C12H25Cl2NO6S/c1-12(2,15(13)14)3-8-22(18,19)10-11(17)9-21-7-6-20-5-4-16/h11,16-17H,3-10H2,1-2H3. The van der Waals surface area contributed by atoms with Gasteiger partial charge in [-0.2, -0.15) is 0 Å². The number of halogens is 2. The van der Waals surface area contributed by atoms with Crippen LogP contribution in [0.4, 0.5) is 0 Å². The van der Waals surface area contributed by atoms with E-state index in [0.717, 1.165) is 3.94 Å². The van der Waals surface area contributed by atoms with Crippen molar-refractivity contribution in [3.63, 3.8) is 0 Å². The Kier molecular flexibility index (Phi) is 11.1. The number of rotatable bonds is 13. The molecule has 0 aliphatic rings. The molecule has 0 aliphatic heterocycles. The van der Waals surface area contributed by atoms with Crippen LogP contribution in [0.3, 0.4) is 0 Å². The molecule has 0 saturated heterocycles. The zero-order chi connectivity index (χ0) is 17.2. The summed E-state index contributed by atoms with van der Waals surface area (Å²) >= 11 is 11.3. The second kappa shape index (κ2) is 11.0. The van der Waals surface area contributed by atoms with Crippen molar-refractivity contribution >= 4 is 33.4 Å². The quantitative estimate of drug-likeness (QED) is 0.355. The number of nitrogens with zero attached hydrogens (tertiary/aromatic N) is 1. The molecule has 0 bridgehead atoms. The third kappa shape index (κ3) is 11.0. The van der Waals surface area contributed by atoms with Crippen LogP contribution in [0.5, 0.6) is 0 Å². The lowest BCUT2D eigenvalue weighted by Crippen LogP contribution is -2.35. The third-order valence-electron chi connectivity index (χ3n) is 2.85. The molecule has 0 aromatic carbocycles. The Morgan fingerprint density at radius 3 is 2.32 bits per heavy atom. The maximum atomic E-state index is 11.9. The first-order valence-corrected chi connectivity index (χ1v) is 9.37. The Hall–Kier alpha value is 0.330. The Bertz CT molecular complexity index is 391. The fourth-order valence-electron chi connectivity index (χ4n) is 1.42. The van der Waals surface area contributed by atoms with E-state index in [9.17, 15) is 13.5 Å². The van der Waals surface area contributed by atoms with E-state index in [1.807, 2.05) is 0 Å². The lowest BCUT2D eigenvalue weighted by atomic mass is 10.0. The van der Waals surface area contributed by atoms with Crippen molar-refractivity contribution in [1.82, 2.24) is 3.94 Å². The lowest BCUT2D eigenvalue weighted by Gasteiger charge is -2.27. The van der Waals surface area contributed by atoms with Crippen LogP contribution in [-0.4, -0.2) is 78.8 Å². The third-order valence-corrected chi connectivity index (χ3v) is 5.48. The molecular formula is C12H25Cl2NO6S. The highest BCUT2D eigenvalue weighted by Crippen LogP contribution is 2.24. The van der Waals surface area contributed by atoms with Gasteiger partial charge in [-0.05, 0) is 43.8 Å². The number of hydrogen-bond donors (Lipinski definition) is 2. The largest absolute Gasteiger partial charge is 0.394 e. The van der Waals surface area contributed by atoms with Crippen molar-refractivity contribution in [2.24, 2.45) is 0 Å². The van der Waals surface area contributed by atoms with Crippen LogP contribution in [0.25, 0.3) is 0 Å². The van der Waals surface area contributed by atoms with Gasteiger partial charge in [0.15, 0.2) is 9.84 Å². The Morgan fingerprint density at radius 2 is 1.77 bits per heavy atom.